The van der Waals surface area contributed by atoms with Crippen LogP contribution < -0.4 is 5.32 Å². The lowest BCUT2D eigenvalue weighted by Crippen LogP contribution is -2.50. The van der Waals surface area contributed by atoms with Crippen LogP contribution in [-0.2, 0) is 9.59 Å². The summed E-state index contributed by atoms with van der Waals surface area (Å²) in [6.07, 6.45) is 1.98. The Morgan fingerprint density at radius 1 is 1.35 bits per heavy atom. The molecule has 1 fully saturated rings. The Bertz CT molecular complexity index is 304. The van der Waals surface area contributed by atoms with Gasteiger partial charge in [-0.1, -0.05) is 27.7 Å². The van der Waals surface area contributed by atoms with Gasteiger partial charge in [0.25, 0.3) is 0 Å². The Morgan fingerprint density at radius 3 is 2.29 bits per heavy atom. The van der Waals surface area contributed by atoms with Crippen LogP contribution in [0.2, 0.25) is 0 Å². The number of carboxylic acids is 1. The number of amides is 1. The normalized spacial score (nSPS) is 24.3. The second kappa shape index (κ2) is 5.07. The van der Waals surface area contributed by atoms with Crippen molar-refractivity contribution in [2.75, 3.05) is 0 Å². The first-order valence-electron chi connectivity index (χ1n) is 6.26. The smallest absolute Gasteiger partial charge is 0.306 e. The number of aliphatic carboxylic acids is 1. The molecular formula is C13H23NO3. The maximum atomic E-state index is 12.0. The molecule has 0 radical (unpaired) electrons. The molecule has 0 unspecified atom stereocenters. The van der Waals surface area contributed by atoms with Crippen molar-refractivity contribution >= 4 is 11.9 Å². The van der Waals surface area contributed by atoms with Crippen LogP contribution in [0.5, 0.6) is 0 Å². The van der Waals surface area contributed by atoms with Crippen molar-refractivity contribution in [3.8, 4) is 0 Å². The Morgan fingerprint density at radius 2 is 1.88 bits per heavy atom. The summed E-state index contributed by atoms with van der Waals surface area (Å²) in [5.74, 6) is -0.505. The first-order valence-corrected chi connectivity index (χ1v) is 6.26. The molecule has 17 heavy (non-hydrogen) atoms. The van der Waals surface area contributed by atoms with Gasteiger partial charge in [0.15, 0.2) is 0 Å². The molecule has 4 heteroatoms. The fourth-order valence-corrected chi connectivity index (χ4v) is 2.43. The first kappa shape index (κ1) is 14.0. The van der Waals surface area contributed by atoms with Crippen molar-refractivity contribution in [1.82, 2.24) is 5.32 Å². The summed E-state index contributed by atoms with van der Waals surface area (Å²) in [6.45, 7) is 8.07. The van der Waals surface area contributed by atoms with E-state index in [4.69, 9.17) is 5.11 Å². The van der Waals surface area contributed by atoms with E-state index in [0.29, 0.717) is 18.8 Å². The molecule has 1 rings (SSSR count). The van der Waals surface area contributed by atoms with E-state index >= 15 is 0 Å². The monoisotopic (exact) mass is 241 g/mol. The Balaban J connectivity index is 2.38. The average molecular weight is 241 g/mol. The SMILES string of the molecule is CC(C)CC(C)(C)C(=O)NC1CC(C(=O)O)C1. The van der Waals surface area contributed by atoms with Gasteiger partial charge in [-0.05, 0) is 25.2 Å². The molecule has 0 atom stereocenters. The van der Waals surface area contributed by atoms with Gasteiger partial charge >= 0.3 is 5.97 Å². The van der Waals surface area contributed by atoms with Crippen LogP contribution in [0, 0.1) is 17.3 Å². The topological polar surface area (TPSA) is 66.4 Å². The Kier molecular flexibility index (Phi) is 4.17. The van der Waals surface area contributed by atoms with Gasteiger partial charge in [0.05, 0.1) is 5.92 Å². The second-order valence-corrected chi connectivity index (χ2v) is 6.16. The first-order chi connectivity index (χ1) is 7.72. The minimum absolute atomic E-state index is 0.0417. The van der Waals surface area contributed by atoms with Gasteiger partial charge in [0.1, 0.15) is 0 Å². The minimum Gasteiger partial charge on any atom is -0.481 e. The summed E-state index contributed by atoms with van der Waals surface area (Å²) in [5.41, 5.74) is -0.373. The van der Waals surface area contributed by atoms with E-state index in [-0.39, 0.29) is 23.3 Å². The van der Waals surface area contributed by atoms with Gasteiger partial charge < -0.3 is 10.4 Å². The molecule has 2 N–H and O–H groups in total. The highest BCUT2D eigenvalue weighted by atomic mass is 16.4. The van der Waals surface area contributed by atoms with E-state index in [9.17, 15) is 9.59 Å². The van der Waals surface area contributed by atoms with Crippen LogP contribution >= 0.6 is 0 Å². The van der Waals surface area contributed by atoms with E-state index < -0.39 is 5.97 Å². The van der Waals surface area contributed by atoms with Crippen molar-refractivity contribution in [2.45, 2.75) is 53.0 Å². The molecule has 4 nitrogen and oxygen atoms in total. The quantitative estimate of drug-likeness (QED) is 0.774. The summed E-state index contributed by atoms with van der Waals surface area (Å²) >= 11 is 0. The zero-order chi connectivity index (χ0) is 13.2. The Hall–Kier alpha value is -1.06. The summed E-state index contributed by atoms with van der Waals surface area (Å²) in [7, 11) is 0. The molecule has 0 aromatic rings. The maximum Gasteiger partial charge on any atom is 0.306 e. The van der Waals surface area contributed by atoms with Crippen LogP contribution in [0.25, 0.3) is 0 Å². The van der Waals surface area contributed by atoms with E-state index in [2.05, 4.69) is 19.2 Å². The van der Waals surface area contributed by atoms with Crippen LogP contribution in [0.1, 0.15) is 47.0 Å². The summed E-state index contributed by atoms with van der Waals surface area (Å²) in [6, 6.07) is 0.0510. The predicted octanol–water partition coefficient (Wildman–Crippen LogP) is 2.04. The molecule has 0 aromatic carbocycles. The number of rotatable bonds is 5. The summed E-state index contributed by atoms with van der Waals surface area (Å²) < 4.78 is 0. The van der Waals surface area contributed by atoms with E-state index in [0.717, 1.165) is 6.42 Å². The van der Waals surface area contributed by atoms with E-state index in [1.807, 2.05) is 13.8 Å². The lowest BCUT2D eigenvalue weighted by atomic mass is 9.78. The molecular weight excluding hydrogens is 218 g/mol. The highest BCUT2D eigenvalue weighted by Crippen LogP contribution is 2.30. The zero-order valence-electron chi connectivity index (χ0n) is 11.1. The molecule has 1 aliphatic rings. The van der Waals surface area contributed by atoms with Crippen molar-refractivity contribution in [2.24, 2.45) is 17.3 Å². The van der Waals surface area contributed by atoms with Crippen molar-refractivity contribution in [3.63, 3.8) is 0 Å². The number of carbonyl (C=O) groups excluding carboxylic acids is 1. The third kappa shape index (κ3) is 3.72. The third-order valence-electron chi connectivity index (χ3n) is 3.36. The molecule has 0 spiro atoms. The molecule has 1 saturated carbocycles. The molecule has 1 amide bonds. The largest absolute Gasteiger partial charge is 0.481 e. The van der Waals surface area contributed by atoms with Crippen LogP contribution in [0.4, 0.5) is 0 Å². The molecule has 1 aliphatic carbocycles. The van der Waals surface area contributed by atoms with Gasteiger partial charge in [0, 0.05) is 11.5 Å². The van der Waals surface area contributed by atoms with Crippen molar-refractivity contribution in [3.05, 3.63) is 0 Å². The van der Waals surface area contributed by atoms with Gasteiger partial charge in [-0.15, -0.1) is 0 Å². The molecule has 98 valence electrons. The number of hydrogen-bond donors (Lipinski definition) is 2. The number of carboxylic acid groups (broad SMARTS) is 1. The summed E-state index contributed by atoms with van der Waals surface area (Å²) in [4.78, 5) is 22.7. The predicted molar refractivity (Wildman–Crippen MR) is 65.5 cm³/mol. The fourth-order valence-electron chi connectivity index (χ4n) is 2.43. The molecule has 0 aliphatic heterocycles. The molecule has 0 saturated heterocycles. The van der Waals surface area contributed by atoms with Crippen LogP contribution in [0.3, 0.4) is 0 Å². The van der Waals surface area contributed by atoms with Gasteiger partial charge in [-0.2, -0.15) is 0 Å². The lowest BCUT2D eigenvalue weighted by Gasteiger charge is -2.36. The van der Waals surface area contributed by atoms with Gasteiger partial charge in [0.2, 0.25) is 5.91 Å². The summed E-state index contributed by atoms with van der Waals surface area (Å²) in [5, 5.41) is 11.7. The molecule has 0 heterocycles. The van der Waals surface area contributed by atoms with Gasteiger partial charge in [-0.3, -0.25) is 9.59 Å². The van der Waals surface area contributed by atoms with Crippen molar-refractivity contribution in [1.29, 1.82) is 0 Å². The van der Waals surface area contributed by atoms with Gasteiger partial charge in [-0.25, -0.2) is 0 Å². The van der Waals surface area contributed by atoms with E-state index in [1.54, 1.807) is 0 Å². The number of carbonyl (C=O) groups is 2. The van der Waals surface area contributed by atoms with Crippen LogP contribution in [-0.4, -0.2) is 23.0 Å². The number of hydrogen-bond acceptors (Lipinski definition) is 2. The lowest BCUT2D eigenvalue weighted by molar-refractivity contribution is -0.147. The minimum atomic E-state index is -0.753. The van der Waals surface area contributed by atoms with E-state index in [1.165, 1.54) is 0 Å². The second-order valence-electron chi connectivity index (χ2n) is 6.16. The highest BCUT2D eigenvalue weighted by Gasteiger charge is 2.38. The standard InChI is InChI=1S/C13H23NO3/c1-8(2)7-13(3,4)12(17)14-10-5-9(6-10)11(15)16/h8-10H,5-7H2,1-4H3,(H,14,17)(H,15,16). The third-order valence-corrected chi connectivity index (χ3v) is 3.36. The maximum absolute atomic E-state index is 12.0. The molecule has 0 bridgehead atoms. The van der Waals surface area contributed by atoms with Crippen molar-refractivity contribution < 1.29 is 14.7 Å². The fraction of sp³-hybridized carbons (Fsp3) is 0.846. The molecule has 0 aromatic heterocycles. The van der Waals surface area contributed by atoms with Crippen LogP contribution in [0.15, 0.2) is 0 Å². The average Bonchev–Trinajstić information content (AvgIpc) is 2.06. The zero-order valence-corrected chi connectivity index (χ0v) is 11.1. The number of nitrogens with one attached hydrogen (secondary N) is 1. The Labute approximate surface area is 103 Å². The highest BCUT2D eigenvalue weighted by molar-refractivity contribution is 5.82.